The molecule has 2 aromatic rings. The topological polar surface area (TPSA) is 96.5 Å². The van der Waals surface area contributed by atoms with Crippen LogP contribution in [0.3, 0.4) is 0 Å². The van der Waals surface area contributed by atoms with E-state index in [1.165, 1.54) is 23.5 Å². The Balaban J connectivity index is 0.000000333. The summed E-state index contributed by atoms with van der Waals surface area (Å²) >= 11 is 12.8. The molecule has 0 spiro atoms. The van der Waals surface area contributed by atoms with Crippen molar-refractivity contribution >= 4 is 92.1 Å². The van der Waals surface area contributed by atoms with Crippen LogP contribution in [0.1, 0.15) is 49.9 Å². The van der Waals surface area contributed by atoms with Gasteiger partial charge in [0.1, 0.15) is 0 Å². The minimum Gasteiger partial charge on any atom is -0.752 e. The predicted molar refractivity (Wildman–Crippen MR) is 212 cm³/mol. The van der Waals surface area contributed by atoms with Crippen molar-refractivity contribution < 1.29 is 30.7 Å². The molecule has 2 heterocycles. The number of carbonyl (C=O) groups excluding carboxylic acids is 2. The van der Waals surface area contributed by atoms with Crippen LogP contribution in [0.4, 0.5) is 11.4 Å². The fraction of sp³-hybridized carbons (Fsp3) is 0.471. The van der Waals surface area contributed by atoms with E-state index >= 15 is 0 Å². The third kappa shape index (κ3) is 11.4. The van der Waals surface area contributed by atoms with Crippen molar-refractivity contribution in [3.05, 3.63) is 58.7 Å². The molecule has 0 saturated carbocycles. The van der Waals surface area contributed by atoms with Gasteiger partial charge in [-0.25, -0.2) is 0 Å². The molecule has 0 bridgehead atoms. The second-order valence-electron chi connectivity index (χ2n) is 11.0. The van der Waals surface area contributed by atoms with E-state index in [0.29, 0.717) is 33.3 Å². The fourth-order valence-electron chi connectivity index (χ4n) is 5.32. The summed E-state index contributed by atoms with van der Waals surface area (Å²) in [6.07, 6.45) is 3.69. The molecule has 0 atom stereocenters. The number of fused-ring (bicyclic) bond motifs is 2. The summed E-state index contributed by atoms with van der Waals surface area (Å²) in [5, 5.41) is 16.3. The van der Waals surface area contributed by atoms with Crippen molar-refractivity contribution in [1.29, 1.82) is 0 Å². The number of hydrogen-bond acceptors (Lipinski definition) is 12. The Bertz CT molecular complexity index is 1460. The molecule has 2 aliphatic heterocycles. The summed E-state index contributed by atoms with van der Waals surface area (Å²) < 4.78 is 0.845. The summed E-state index contributed by atoms with van der Waals surface area (Å²) in [7, 11) is 0. The fourth-order valence-corrected chi connectivity index (χ4v) is 5.64. The van der Waals surface area contributed by atoms with Crippen LogP contribution >= 0.6 is 23.5 Å². The van der Waals surface area contributed by atoms with Crippen LogP contribution in [0.25, 0.3) is 0 Å². The summed E-state index contributed by atoms with van der Waals surface area (Å²) in [6.45, 7) is 19.3. The number of likely N-dealkylation sites (N-methyl/N-ethyl adjacent to an activating group) is 2. The first-order valence-electron chi connectivity index (χ1n) is 16.1. The van der Waals surface area contributed by atoms with E-state index < -0.39 is 0 Å². The van der Waals surface area contributed by atoms with Crippen LogP contribution in [-0.2, 0) is 55.9 Å². The van der Waals surface area contributed by atoms with E-state index in [2.05, 4.69) is 57.9 Å². The molecule has 4 rings (SSSR count). The molecule has 2 aliphatic rings. The quantitative estimate of drug-likeness (QED) is 0.123. The van der Waals surface area contributed by atoms with Crippen LogP contribution in [0.5, 0.6) is 0 Å². The number of nitrogens with zero attached hydrogens (tertiary/aromatic N) is 8. The summed E-state index contributed by atoms with van der Waals surface area (Å²) in [4.78, 5) is 33.8. The van der Waals surface area contributed by atoms with E-state index in [0.717, 1.165) is 72.9 Å². The summed E-state index contributed by atoms with van der Waals surface area (Å²) in [5.74, 6) is -0.203. The Labute approximate surface area is 325 Å². The van der Waals surface area contributed by atoms with Gasteiger partial charge in [-0.1, -0.05) is 51.0 Å². The van der Waals surface area contributed by atoms with Gasteiger partial charge in [-0.05, 0) is 85.6 Å². The Morgan fingerprint density at radius 3 is 1.33 bits per heavy atom. The van der Waals surface area contributed by atoms with E-state index in [-0.39, 0.29) is 32.9 Å². The number of hydrogen-bond donors (Lipinski definition) is 0. The van der Waals surface area contributed by atoms with Crippen LogP contribution < -0.4 is 9.80 Å². The Morgan fingerprint density at radius 2 is 1.02 bits per heavy atom. The number of anilines is 2. The molecule has 0 fully saturated rings. The average Bonchev–Trinajstić information content (AvgIpc) is 3.50. The number of rotatable bonds is 12. The molecule has 0 aliphatic carbocycles. The van der Waals surface area contributed by atoms with Gasteiger partial charge in [0.25, 0.3) is 11.8 Å². The van der Waals surface area contributed by atoms with Gasteiger partial charge in [0.15, 0.2) is 11.4 Å². The zero-order valence-corrected chi connectivity index (χ0v) is 35.0. The van der Waals surface area contributed by atoms with Gasteiger partial charge in [-0.2, -0.15) is 10.2 Å². The van der Waals surface area contributed by atoms with E-state index in [1.54, 1.807) is 9.80 Å². The first-order valence-corrected chi connectivity index (χ1v) is 19.3. The minimum absolute atomic E-state index is 0. The largest absolute Gasteiger partial charge is 2.00 e. The molecule has 0 saturated heterocycles. The summed E-state index contributed by atoms with van der Waals surface area (Å²) in [5.41, 5.74) is 6.43. The van der Waals surface area contributed by atoms with Gasteiger partial charge >= 0.3 is 21.1 Å². The van der Waals surface area contributed by atoms with Gasteiger partial charge in [0, 0.05) is 37.3 Å². The minimum atomic E-state index is -0.101. The molecule has 0 N–H and O–H groups in total. The molecule has 49 heavy (non-hydrogen) atoms. The van der Waals surface area contributed by atoms with Crippen LogP contribution in [0.2, 0.25) is 0 Å². The number of aryl methyl sites for hydroxylation is 2. The van der Waals surface area contributed by atoms with Gasteiger partial charge in [0.05, 0.1) is 11.4 Å². The second-order valence-corrected chi connectivity index (χ2v) is 13.9. The standard InChI is InChI=1S/2C17H24N4OS2.Pt/c2*1-5-20(6-2)9-10-21-14-8-7-12(3)11-13(14)15(16(21)22)18-19-17(23)24-4;/h2*7-8,11H,5-6,9-10H2,1-4H3,(H,19,23);/q;;+2/p-2/b2*18-15+;. The maximum atomic E-state index is 12.8. The van der Waals surface area contributed by atoms with Gasteiger partial charge < -0.3 is 44.9 Å². The van der Waals surface area contributed by atoms with Crippen LogP contribution in [0.15, 0.2) is 56.8 Å². The van der Waals surface area contributed by atoms with E-state index in [9.17, 15) is 9.59 Å². The molecule has 0 radical (unpaired) electrons. The number of amides is 2. The molecule has 10 nitrogen and oxygen atoms in total. The van der Waals surface area contributed by atoms with Crippen molar-refractivity contribution in [2.24, 2.45) is 20.4 Å². The average molecular weight is 922 g/mol. The molecule has 0 aromatic heterocycles. The number of thioether (sulfide) groups is 2. The zero-order valence-electron chi connectivity index (χ0n) is 29.5. The third-order valence-corrected chi connectivity index (χ3v) is 10.2. The van der Waals surface area contributed by atoms with Crippen LogP contribution in [-0.4, -0.2) is 107 Å². The maximum Gasteiger partial charge on any atom is 2.00 e. The Kier molecular flexibility index (Phi) is 18.6. The first kappa shape index (κ1) is 43.0. The predicted octanol–water partition coefficient (Wildman–Crippen LogP) is 5.30. The smallest absolute Gasteiger partial charge is 0.752 e. The number of benzene rings is 2. The Morgan fingerprint density at radius 1 is 0.673 bits per heavy atom. The van der Waals surface area contributed by atoms with Crippen molar-refractivity contribution in [1.82, 2.24) is 9.80 Å². The molecule has 268 valence electrons. The zero-order chi connectivity index (χ0) is 35.4. The van der Waals surface area contributed by atoms with Gasteiger partial charge in [-0.3, -0.25) is 9.59 Å². The van der Waals surface area contributed by atoms with Gasteiger partial charge in [0.2, 0.25) is 0 Å². The Hall–Kier alpha value is -2.19. The van der Waals surface area contributed by atoms with Gasteiger partial charge in [-0.15, -0.1) is 33.7 Å². The normalized spacial score (nSPS) is 16.0. The third-order valence-electron chi connectivity index (χ3n) is 8.17. The molecule has 2 aromatic carbocycles. The van der Waals surface area contributed by atoms with Crippen molar-refractivity contribution in [2.75, 3.05) is 74.7 Å². The molecule has 15 heteroatoms. The number of carbonyl (C=O) groups is 2. The van der Waals surface area contributed by atoms with E-state index in [4.69, 9.17) is 25.3 Å². The SMILES string of the molecule is CCN(CC)CCN1C(=O)/C(=N/N=C(\[S-])SC)c2cc(C)ccc21.CCN(CC)CCN1C(=O)/C(=N/N=C(\[S-])SC)c2cc(C)ccc21.[Pt+2]. The van der Waals surface area contributed by atoms with E-state index in [1.807, 2.05) is 62.8 Å². The van der Waals surface area contributed by atoms with Crippen molar-refractivity contribution in [2.45, 2.75) is 41.5 Å². The molecule has 0 unspecified atom stereocenters. The van der Waals surface area contributed by atoms with Crippen LogP contribution in [0, 0.1) is 13.8 Å². The van der Waals surface area contributed by atoms with Crippen molar-refractivity contribution in [3.63, 3.8) is 0 Å². The first-order chi connectivity index (χ1) is 23.0. The molecule has 2 amide bonds. The molecular weight excluding hydrogens is 876 g/mol. The van der Waals surface area contributed by atoms with Crippen molar-refractivity contribution in [3.8, 4) is 0 Å². The second kappa shape index (κ2) is 21.2. The monoisotopic (exact) mass is 921 g/mol. The maximum absolute atomic E-state index is 12.8. The molecular formula is C34H46N8O2PtS4. The summed E-state index contributed by atoms with van der Waals surface area (Å²) in [6, 6.07) is 12.0.